The highest BCUT2D eigenvalue weighted by Gasteiger charge is 2.30. The first kappa shape index (κ1) is 16.2. The van der Waals surface area contributed by atoms with Gasteiger partial charge >= 0.3 is 0 Å². The number of fused-ring (bicyclic) bond motifs is 3. The Morgan fingerprint density at radius 1 is 1.19 bits per heavy atom. The minimum Gasteiger partial charge on any atom is -0.508 e. The number of nitrogens with zero attached hydrogens (tertiary/aromatic N) is 1. The van der Waals surface area contributed by atoms with E-state index in [1.807, 2.05) is 47.0 Å². The van der Waals surface area contributed by atoms with Crippen LogP contribution in [0.15, 0.2) is 54.6 Å². The van der Waals surface area contributed by atoms with E-state index in [2.05, 4.69) is 10.6 Å². The largest absolute Gasteiger partial charge is 0.508 e. The molecule has 2 amide bonds. The highest BCUT2D eigenvalue weighted by molar-refractivity contribution is 6.02. The molecule has 1 atom stereocenters. The van der Waals surface area contributed by atoms with Crippen molar-refractivity contribution in [3.8, 4) is 5.75 Å². The number of benzene rings is 2. The van der Waals surface area contributed by atoms with Crippen molar-refractivity contribution in [2.75, 3.05) is 6.54 Å². The zero-order valence-electron chi connectivity index (χ0n) is 14.1. The molecule has 2 aromatic carbocycles. The van der Waals surface area contributed by atoms with Crippen LogP contribution in [0.4, 0.5) is 0 Å². The molecule has 2 heterocycles. The average Bonchev–Trinajstić information content (AvgIpc) is 3.03. The van der Waals surface area contributed by atoms with E-state index in [9.17, 15) is 14.7 Å². The molecule has 0 bridgehead atoms. The Kier molecular flexibility index (Phi) is 4.08. The van der Waals surface area contributed by atoms with E-state index < -0.39 is 6.04 Å². The van der Waals surface area contributed by atoms with Gasteiger partial charge in [0, 0.05) is 17.4 Å². The number of aromatic nitrogens is 1. The highest BCUT2D eigenvalue weighted by atomic mass is 16.3. The molecule has 4 rings (SSSR count). The number of para-hydroxylation sites is 1. The molecule has 0 radical (unpaired) electrons. The van der Waals surface area contributed by atoms with E-state index in [1.54, 1.807) is 12.1 Å². The topological polar surface area (TPSA) is 83.4 Å². The number of hydrogen-bond donors (Lipinski definition) is 3. The van der Waals surface area contributed by atoms with Crippen molar-refractivity contribution in [3.05, 3.63) is 65.9 Å². The molecule has 0 spiro atoms. The normalized spacial score (nSPS) is 16.2. The first-order valence-electron chi connectivity index (χ1n) is 8.56. The van der Waals surface area contributed by atoms with Gasteiger partial charge in [0.05, 0.1) is 6.54 Å². The summed E-state index contributed by atoms with van der Waals surface area (Å²) < 4.78 is 1.90. The summed E-state index contributed by atoms with van der Waals surface area (Å²) in [6.45, 7) is 0.884. The number of nitrogens with one attached hydrogen (secondary N) is 2. The Hall–Kier alpha value is -3.28. The molecular formula is C20H19N3O3. The average molecular weight is 349 g/mol. The zero-order valence-corrected chi connectivity index (χ0v) is 14.1. The highest BCUT2D eigenvalue weighted by Crippen LogP contribution is 2.22. The molecule has 0 unspecified atom stereocenters. The lowest BCUT2D eigenvalue weighted by Gasteiger charge is -2.25. The third-order valence-electron chi connectivity index (χ3n) is 4.68. The van der Waals surface area contributed by atoms with Crippen LogP contribution in [0.5, 0.6) is 5.75 Å². The predicted octanol–water partition coefficient (Wildman–Crippen LogP) is 1.82. The van der Waals surface area contributed by atoms with Crippen molar-refractivity contribution in [2.45, 2.75) is 19.0 Å². The summed E-state index contributed by atoms with van der Waals surface area (Å²) in [5.74, 6) is -0.204. The Morgan fingerprint density at radius 2 is 1.96 bits per heavy atom. The van der Waals surface area contributed by atoms with Crippen LogP contribution in [0.2, 0.25) is 0 Å². The summed E-state index contributed by atoms with van der Waals surface area (Å²) >= 11 is 0. The third-order valence-corrected chi connectivity index (χ3v) is 4.68. The molecule has 6 nitrogen and oxygen atoms in total. The summed E-state index contributed by atoms with van der Waals surface area (Å²) in [7, 11) is 0. The van der Waals surface area contributed by atoms with Gasteiger partial charge in [0.15, 0.2) is 0 Å². The lowest BCUT2D eigenvalue weighted by atomic mass is 10.1. The summed E-state index contributed by atoms with van der Waals surface area (Å²) in [5, 5.41) is 15.9. The fourth-order valence-electron chi connectivity index (χ4n) is 3.32. The van der Waals surface area contributed by atoms with E-state index >= 15 is 0 Å². The van der Waals surface area contributed by atoms with Crippen LogP contribution >= 0.6 is 0 Å². The Labute approximate surface area is 150 Å². The second-order valence-corrected chi connectivity index (χ2v) is 6.43. The molecule has 0 aliphatic carbocycles. The second kappa shape index (κ2) is 6.55. The number of phenolic OH excluding ortho intramolecular Hbond substituents is 1. The van der Waals surface area contributed by atoms with Crippen LogP contribution in [0.25, 0.3) is 10.9 Å². The minimum absolute atomic E-state index is 0.194. The van der Waals surface area contributed by atoms with Gasteiger partial charge in [0.25, 0.3) is 5.91 Å². The maximum atomic E-state index is 12.5. The Bertz CT molecular complexity index is 976. The maximum Gasteiger partial charge on any atom is 0.268 e. The van der Waals surface area contributed by atoms with Crippen molar-refractivity contribution in [3.63, 3.8) is 0 Å². The van der Waals surface area contributed by atoms with E-state index in [0.29, 0.717) is 25.2 Å². The smallest absolute Gasteiger partial charge is 0.268 e. The van der Waals surface area contributed by atoms with Gasteiger partial charge in [-0.1, -0.05) is 30.3 Å². The van der Waals surface area contributed by atoms with Crippen molar-refractivity contribution in [1.29, 1.82) is 0 Å². The van der Waals surface area contributed by atoms with E-state index in [1.165, 1.54) is 0 Å². The van der Waals surface area contributed by atoms with Gasteiger partial charge in [-0.25, -0.2) is 0 Å². The lowest BCUT2D eigenvalue weighted by molar-refractivity contribution is -0.123. The number of rotatable bonds is 4. The number of aromatic hydroxyl groups is 1. The number of carbonyl (C=O) groups excluding carboxylic acids is 2. The van der Waals surface area contributed by atoms with Gasteiger partial charge in [0.1, 0.15) is 17.5 Å². The predicted molar refractivity (Wildman–Crippen MR) is 98.0 cm³/mol. The molecule has 1 aromatic heterocycles. The molecule has 26 heavy (non-hydrogen) atoms. The number of hydrogen-bond acceptors (Lipinski definition) is 3. The number of phenols is 1. The monoisotopic (exact) mass is 349 g/mol. The van der Waals surface area contributed by atoms with Gasteiger partial charge in [-0.05, 0) is 36.2 Å². The first-order valence-corrected chi connectivity index (χ1v) is 8.56. The van der Waals surface area contributed by atoms with Crippen molar-refractivity contribution in [2.24, 2.45) is 0 Å². The standard InChI is InChI=1S/C20H19N3O3/c24-15-7-5-13(6-8-15)9-10-21-19(25)16-12-23-17-4-2-1-3-14(17)11-18(23)20(26)22-16/h1-8,11,16,24H,9-10,12H2,(H,21,25)(H,22,26)/t16-/m0/s1. The molecule has 3 N–H and O–H groups in total. The maximum absolute atomic E-state index is 12.5. The van der Waals surface area contributed by atoms with Crippen LogP contribution in [-0.4, -0.2) is 34.1 Å². The van der Waals surface area contributed by atoms with Crippen molar-refractivity contribution < 1.29 is 14.7 Å². The van der Waals surface area contributed by atoms with Crippen molar-refractivity contribution >= 4 is 22.7 Å². The van der Waals surface area contributed by atoms with Gasteiger partial charge in [-0.2, -0.15) is 0 Å². The summed E-state index contributed by atoms with van der Waals surface area (Å²) in [4.78, 5) is 24.8. The van der Waals surface area contributed by atoms with E-state index in [0.717, 1.165) is 16.5 Å². The Balaban J connectivity index is 1.43. The van der Waals surface area contributed by atoms with Gasteiger partial charge in [-0.15, -0.1) is 0 Å². The Morgan fingerprint density at radius 3 is 2.77 bits per heavy atom. The minimum atomic E-state index is -0.592. The van der Waals surface area contributed by atoms with Crippen molar-refractivity contribution in [1.82, 2.24) is 15.2 Å². The molecule has 3 aromatic rings. The van der Waals surface area contributed by atoms with E-state index in [4.69, 9.17) is 0 Å². The molecular weight excluding hydrogens is 330 g/mol. The lowest BCUT2D eigenvalue weighted by Crippen LogP contribution is -2.52. The molecule has 0 fully saturated rings. The fraction of sp³-hybridized carbons (Fsp3) is 0.200. The number of amides is 2. The SMILES string of the molecule is O=C1N[C@H](C(=O)NCCc2ccc(O)cc2)Cn2c1cc1ccccc12. The summed E-state index contributed by atoms with van der Waals surface area (Å²) in [6, 6.07) is 15.9. The van der Waals surface area contributed by atoms with Crippen LogP contribution in [0.1, 0.15) is 16.1 Å². The number of carbonyl (C=O) groups is 2. The molecule has 1 aliphatic rings. The van der Waals surface area contributed by atoms with Crippen LogP contribution in [-0.2, 0) is 17.8 Å². The van der Waals surface area contributed by atoms with Crippen LogP contribution < -0.4 is 10.6 Å². The van der Waals surface area contributed by atoms with Crippen LogP contribution in [0, 0.1) is 0 Å². The molecule has 6 heteroatoms. The first-order chi connectivity index (χ1) is 12.6. The fourth-order valence-corrected chi connectivity index (χ4v) is 3.32. The quantitative estimate of drug-likeness (QED) is 0.672. The molecule has 0 saturated heterocycles. The molecule has 0 saturated carbocycles. The zero-order chi connectivity index (χ0) is 18.1. The summed E-state index contributed by atoms with van der Waals surface area (Å²) in [5.41, 5.74) is 2.56. The molecule has 1 aliphatic heterocycles. The van der Waals surface area contributed by atoms with Gasteiger partial charge in [0.2, 0.25) is 5.91 Å². The van der Waals surface area contributed by atoms with Gasteiger partial charge < -0.3 is 20.3 Å². The third kappa shape index (κ3) is 3.01. The second-order valence-electron chi connectivity index (χ2n) is 6.43. The van der Waals surface area contributed by atoms with E-state index in [-0.39, 0.29) is 17.6 Å². The van der Waals surface area contributed by atoms with Gasteiger partial charge in [-0.3, -0.25) is 9.59 Å². The van der Waals surface area contributed by atoms with Crippen LogP contribution in [0.3, 0.4) is 0 Å². The molecule has 132 valence electrons. The summed E-state index contributed by atoms with van der Waals surface area (Å²) in [6.07, 6.45) is 0.657.